The summed E-state index contributed by atoms with van der Waals surface area (Å²) < 4.78 is 4.09. The van der Waals surface area contributed by atoms with E-state index in [0.717, 1.165) is 46.6 Å². The zero-order valence-electron chi connectivity index (χ0n) is 12.8. The third-order valence-corrected chi connectivity index (χ3v) is 5.05. The van der Waals surface area contributed by atoms with Gasteiger partial charge >= 0.3 is 0 Å². The first-order chi connectivity index (χ1) is 11.2. The fourth-order valence-electron chi connectivity index (χ4n) is 3.29. The lowest BCUT2D eigenvalue weighted by molar-refractivity contribution is 0.651. The molecule has 5 rings (SSSR count). The molecule has 0 amide bonds. The molecule has 1 aliphatic carbocycles. The molecular weight excluding hydrogens is 310 g/mol. The summed E-state index contributed by atoms with van der Waals surface area (Å²) in [4.78, 5) is 9.28. The monoisotopic (exact) mass is 325 g/mol. The van der Waals surface area contributed by atoms with E-state index in [-0.39, 0.29) is 0 Å². The number of benzene rings is 1. The zero-order valence-corrected chi connectivity index (χ0v) is 13.6. The van der Waals surface area contributed by atoms with Gasteiger partial charge in [0.1, 0.15) is 0 Å². The Balaban J connectivity index is 1.76. The maximum absolute atomic E-state index is 6.53. The van der Waals surface area contributed by atoms with Crippen LogP contribution in [0.3, 0.4) is 0 Å². The van der Waals surface area contributed by atoms with E-state index in [9.17, 15) is 0 Å². The van der Waals surface area contributed by atoms with E-state index in [1.807, 2.05) is 30.1 Å². The molecule has 0 unspecified atom stereocenters. The molecular formula is C17H16ClN5. The van der Waals surface area contributed by atoms with Gasteiger partial charge in [-0.15, -0.1) is 0 Å². The molecule has 0 N–H and O–H groups in total. The van der Waals surface area contributed by atoms with Crippen LogP contribution in [0.4, 0.5) is 0 Å². The van der Waals surface area contributed by atoms with E-state index in [4.69, 9.17) is 21.7 Å². The van der Waals surface area contributed by atoms with Gasteiger partial charge in [-0.2, -0.15) is 5.10 Å². The Morgan fingerprint density at radius 1 is 1.30 bits per heavy atom. The first kappa shape index (κ1) is 13.3. The van der Waals surface area contributed by atoms with Crippen LogP contribution in [0, 0.1) is 12.8 Å². The molecule has 116 valence electrons. The number of imidazole rings is 1. The Labute approximate surface area is 138 Å². The smallest absolute Gasteiger partial charge is 0.162 e. The third kappa shape index (κ3) is 2.03. The fourth-order valence-corrected chi connectivity index (χ4v) is 3.54. The zero-order chi connectivity index (χ0) is 15.6. The predicted molar refractivity (Wildman–Crippen MR) is 87.9 cm³/mol. The van der Waals surface area contributed by atoms with Crippen LogP contribution in [0.1, 0.15) is 30.1 Å². The van der Waals surface area contributed by atoms with Gasteiger partial charge in [0.25, 0.3) is 0 Å². The van der Waals surface area contributed by atoms with Gasteiger partial charge in [0.05, 0.1) is 40.5 Å². The van der Waals surface area contributed by atoms with Crippen LogP contribution in [0.15, 0.2) is 24.5 Å². The minimum Gasteiger partial charge on any atom is -0.300 e. The van der Waals surface area contributed by atoms with Crippen LogP contribution >= 0.6 is 11.6 Å². The maximum atomic E-state index is 6.53. The van der Waals surface area contributed by atoms with Crippen LogP contribution < -0.4 is 0 Å². The number of nitrogens with zero attached hydrogens (tertiary/aromatic N) is 5. The highest BCUT2D eigenvalue weighted by Crippen LogP contribution is 2.37. The molecule has 23 heavy (non-hydrogen) atoms. The van der Waals surface area contributed by atoms with Crippen molar-refractivity contribution in [1.29, 1.82) is 0 Å². The van der Waals surface area contributed by atoms with E-state index in [1.165, 1.54) is 12.8 Å². The molecule has 0 radical (unpaired) electrons. The largest absolute Gasteiger partial charge is 0.300 e. The molecule has 1 aromatic carbocycles. The highest BCUT2D eigenvalue weighted by Gasteiger charge is 2.28. The number of rotatable bonds is 2. The second-order valence-corrected chi connectivity index (χ2v) is 6.84. The summed E-state index contributed by atoms with van der Waals surface area (Å²) in [6.07, 6.45) is 5.43. The molecule has 2 aromatic heterocycles. The van der Waals surface area contributed by atoms with Crippen LogP contribution in [-0.4, -0.2) is 24.3 Å². The molecule has 5 nitrogen and oxygen atoms in total. The van der Waals surface area contributed by atoms with Gasteiger partial charge in [-0.1, -0.05) is 17.7 Å². The van der Waals surface area contributed by atoms with E-state index in [2.05, 4.69) is 15.6 Å². The van der Waals surface area contributed by atoms with Crippen molar-refractivity contribution in [2.75, 3.05) is 0 Å². The fraction of sp³-hybridized carbons (Fsp3) is 0.353. The molecule has 1 aliphatic heterocycles. The quantitative estimate of drug-likeness (QED) is 0.567. The molecule has 6 heteroatoms. The Morgan fingerprint density at radius 3 is 3.00 bits per heavy atom. The summed E-state index contributed by atoms with van der Waals surface area (Å²) in [7, 11) is 0. The Morgan fingerprint density at radius 2 is 2.17 bits per heavy atom. The summed E-state index contributed by atoms with van der Waals surface area (Å²) in [5.41, 5.74) is 4.12. The number of aryl methyl sites for hydroxylation is 1. The van der Waals surface area contributed by atoms with Crippen molar-refractivity contribution in [3.63, 3.8) is 0 Å². The first-order valence-corrected chi connectivity index (χ1v) is 8.34. The number of aromatic nitrogens is 5. The lowest BCUT2D eigenvalue weighted by atomic mass is 10.1. The second-order valence-electron chi connectivity index (χ2n) is 6.44. The van der Waals surface area contributed by atoms with Crippen molar-refractivity contribution >= 4 is 11.6 Å². The summed E-state index contributed by atoms with van der Waals surface area (Å²) in [5, 5.41) is 5.46. The molecule has 0 spiro atoms. The van der Waals surface area contributed by atoms with Crippen molar-refractivity contribution in [3.8, 4) is 17.1 Å². The number of hydrogen-bond acceptors (Lipinski definition) is 3. The molecule has 2 aliphatic rings. The van der Waals surface area contributed by atoms with Gasteiger partial charge in [-0.05, 0) is 37.8 Å². The SMILES string of the molecule is Cc1ncn2c1Cn1nc(CC3CC3)nc1-c1c(Cl)cccc1-2. The minimum absolute atomic E-state index is 0.670. The Kier molecular flexibility index (Phi) is 2.71. The molecule has 0 bridgehead atoms. The van der Waals surface area contributed by atoms with Crippen molar-refractivity contribution in [1.82, 2.24) is 24.3 Å². The third-order valence-electron chi connectivity index (χ3n) is 4.73. The molecule has 3 aromatic rings. The summed E-state index contributed by atoms with van der Waals surface area (Å²) >= 11 is 6.53. The average molecular weight is 326 g/mol. The maximum Gasteiger partial charge on any atom is 0.162 e. The summed E-state index contributed by atoms with van der Waals surface area (Å²) in [5.74, 6) is 2.56. The molecule has 0 atom stereocenters. The van der Waals surface area contributed by atoms with Gasteiger partial charge in [0, 0.05) is 6.42 Å². The lowest BCUT2D eigenvalue weighted by Gasteiger charge is -2.09. The normalized spacial score (nSPS) is 15.7. The van der Waals surface area contributed by atoms with Crippen molar-refractivity contribution in [3.05, 3.63) is 46.8 Å². The predicted octanol–water partition coefficient (Wildman–Crippen LogP) is 3.41. The lowest BCUT2D eigenvalue weighted by Crippen LogP contribution is -2.06. The molecule has 3 heterocycles. The summed E-state index contributed by atoms with van der Waals surface area (Å²) in [6, 6.07) is 5.95. The average Bonchev–Trinajstić information content (AvgIpc) is 3.18. The standard InChI is InChI=1S/C17H16ClN5/c1-10-14-8-23-17(20-15(21-23)7-11-5-6-11)16-12(18)3-2-4-13(16)22(14)9-19-10/h2-4,9,11H,5-8H2,1H3. The Hall–Kier alpha value is -2.14. The van der Waals surface area contributed by atoms with Gasteiger partial charge in [-0.3, -0.25) is 0 Å². The first-order valence-electron chi connectivity index (χ1n) is 7.96. The van der Waals surface area contributed by atoms with Gasteiger partial charge in [0.15, 0.2) is 11.6 Å². The topological polar surface area (TPSA) is 48.5 Å². The van der Waals surface area contributed by atoms with Crippen molar-refractivity contribution in [2.45, 2.75) is 32.7 Å². The highest BCUT2D eigenvalue weighted by atomic mass is 35.5. The van der Waals surface area contributed by atoms with Crippen LogP contribution in [-0.2, 0) is 13.0 Å². The summed E-state index contributed by atoms with van der Waals surface area (Å²) in [6.45, 7) is 2.70. The van der Waals surface area contributed by atoms with E-state index in [1.54, 1.807) is 0 Å². The van der Waals surface area contributed by atoms with Crippen LogP contribution in [0.5, 0.6) is 0 Å². The number of fused-ring (bicyclic) bond motifs is 5. The van der Waals surface area contributed by atoms with Crippen molar-refractivity contribution in [2.24, 2.45) is 5.92 Å². The van der Waals surface area contributed by atoms with E-state index >= 15 is 0 Å². The van der Waals surface area contributed by atoms with Crippen LogP contribution in [0.25, 0.3) is 17.1 Å². The van der Waals surface area contributed by atoms with Gasteiger partial charge < -0.3 is 4.57 Å². The van der Waals surface area contributed by atoms with Gasteiger partial charge in [0.2, 0.25) is 0 Å². The molecule has 1 fully saturated rings. The number of hydrogen-bond donors (Lipinski definition) is 0. The van der Waals surface area contributed by atoms with Gasteiger partial charge in [-0.25, -0.2) is 14.6 Å². The van der Waals surface area contributed by atoms with E-state index < -0.39 is 0 Å². The van der Waals surface area contributed by atoms with E-state index in [0.29, 0.717) is 11.6 Å². The second kappa shape index (κ2) is 4.68. The molecule has 1 saturated carbocycles. The minimum atomic E-state index is 0.670. The van der Waals surface area contributed by atoms with Crippen LogP contribution in [0.2, 0.25) is 5.02 Å². The Bertz CT molecular complexity index is 919. The molecule has 0 saturated heterocycles. The number of halogens is 1. The van der Waals surface area contributed by atoms with Crippen molar-refractivity contribution < 1.29 is 0 Å². The highest BCUT2D eigenvalue weighted by molar-refractivity contribution is 6.33.